The maximum absolute atomic E-state index is 11.3. The number of ether oxygens (including phenoxy) is 1. The molecule has 0 aromatic rings. The van der Waals surface area contributed by atoms with Crippen LogP contribution in [0.3, 0.4) is 0 Å². The Hall–Kier alpha value is -0.260. The van der Waals surface area contributed by atoms with E-state index in [1.54, 1.807) is 0 Å². The molecule has 1 atom stereocenters. The Morgan fingerprint density at radius 1 is 0.893 bits per heavy atom. The summed E-state index contributed by atoms with van der Waals surface area (Å²) in [7, 11) is 0. The molecule has 166 valence electrons. The predicted molar refractivity (Wildman–Crippen MR) is 119 cm³/mol. The van der Waals surface area contributed by atoms with Gasteiger partial charge in [0.05, 0.1) is 0 Å². The molecule has 0 fully saturated rings. The lowest BCUT2D eigenvalue weighted by Crippen LogP contribution is -2.19. The molecule has 0 bridgehead atoms. The van der Waals surface area contributed by atoms with E-state index in [9.17, 15) is 14.6 Å². The van der Waals surface area contributed by atoms with E-state index in [2.05, 4.69) is 25.3 Å². The molecular weight excluding hydrogens is 395 g/mol. The van der Waals surface area contributed by atoms with Gasteiger partial charge < -0.3 is 14.5 Å². The second-order valence-electron chi connectivity index (χ2n) is 7.40. The van der Waals surface area contributed by atoms with Crippen molar-refractivity contribution in [3.05, 3.63) is 12.7 Å². The average Bonchev–Trinajstić information content (AvgIpc) is 2.63. The summed E-state index contributed by atoms with van der Waals surface area (Å²) in [5.74, 6) is -0.658. The highest BCUT2D eigenvalue weighted by Crippen LogP contribution is 2.39. The van der Waals surface area contributed by atoms with E-state index in [-0.39, 0.29) is 0 Å². The van der Waals surface area contributed by atoms with Crippen LogP contribution in [-0.2, 0) is 25.9 Å². The first-order chi connectivity index (χ1) is 13.4. The minimum absolute atomic E-state index is 0.400. The zero-order valence-electron chi connectivity index (χ0n) is 17.7. The Balaban J connectivity index is 3.54. The highest BCUT2D eigenvalue weighted by atomic mass is 32.5. The molecule has 0 heterocycles. The van der Waals surface area contributed by atoms with Crippen molar-refractivity contribution in [2.24, 2.45) is 0 Å². The Morgan fingerprint density at radius 3 is 1.64 bits per heavy atom. The summed E-state index contributed by atoms with van der Waals surface area (Å²) < 4.78 is 9.83. The Kier molecular flexibility index (Phi) is 18.6. The molecule has 1 unspecified atom stereocenters. The van der Waals surface area contributed by atoms with Gasteiger partial charge in [-0.1, -0.05) is 103 Å². The maximum Gasteiger partial charge on any atom is 0.332 e. The van der Waals surface area contributed by atoms with Crippen molar-refractivity contribution in [3.63, 3.8) is 0 Å². The fourth-order valence-corrected chi connectivity index (χ4v) is 3.89. The predicted octanol–water partition coefficient (Wildman–Crippen LogP) is 6.53. The first kappa shape index (κ1) is 27.7. The molecule has 0 radical (unpaired) electrons. The van der Waals surface area contributed by atoms with Crippen LogP contribution in [-0.4, -0.2) is 22.0 Å². The average molecular weight is 437 g/mol. The molecule has 0 aromatic carbocycles. The van der Waals surface area contributed by atoms with Crippen molar-refractivity contribution in [2.75, 3.05) is 0 Å². The minimum Gasteiger partial charge on any atom is -0.432 e. The molecule has 0 saturated carbocycles. The number of carbonyl (C=O) groups excluding carboxylic acids is 1. The largest absolute Gasteiger partial charge is 0.432 e. The van der Waals surface area contributed by atoms with Gasteiger partial charge in [0.2, 0.25) is 6.29 Å². The van der Waals surface area contributed by atoms with Crippen molar-refractivity contribution in [1.29, 1.82) is 0 Å². The van der Waals surface area contributed by atoms with Crippen molar-refractivity contribution >= 4 is 24.5 Å². The molecule has 2 N–H and O–H groups in total. The van der Waals surface area contributed by atoms with Gasteiger partial charge in [0.25, 0.3) is 0 Å². The molecule has 0 aromatic heterocycles. The van der Waals surface area contributed by atoms with Gasteiger partial charge in [-0.25, -0.2) is 4.79 Å². The van der Waals surface area contributed by atoms with Gasteiger partial charge in [-0.2, -0.15) is 0 Å². The van der Waals surface area contributed by atoms with Crippen LogP contribution in [0.5, 0.6) is 0 Å². The highest BCUT2D eigenvalue weighted by molar-refractivity contribution is 8.06. The summed E-state index contributed by atoms with van der Waals surface area (Å²) >= 11 is 4.44. The van der Waals surface area contributed by atoms with E-state index in [1.165, 1.54) is 77.0 Å². The van der Waals surface area contributed by atoms with Gasteiger partial charge in [0.15, 0.2) is 0 Å². The standard InChI is InChI=1S/C21H41O5PS/c1-3-5-6-7-8-9-10-11-12-13-14-15-16-17-18-19-21(25-20(22)4-2)26-27(23,24)28/h4,21H,2-3,5-19H2,1H3,(H2,23,24,28). The van der Waals surface area contributed by atoms with Crippen molar-refractivity contribution in [3.8, 4) is 0 Å². The van der Waals surface area contributed by atoms with Crippen LogP contribution >= 0.6 is 6.72 Å². The van der Waals surface area contributed by atoms with Gasteiger partial charge >= 0.3 is 12.7 Å². The van der Waals surface area contributed by atoms with Gasteiger partial charge in [-0.15, -0.1) is 0 Å². The Morgan fingerprint density at radius 2 is 1.29 bits per heavy atom. The summed E-state index contributed by atoms with van der Waals surface area (Å²) in [5.41, 5.74) is 0. The molecule has 0 aliphatic heterocycles. The maximum atomic E-state index is 11.3. The van der Waals surface area contributed by atoms with E-state index in [1.807, 2.05) is 0 Å². The van der Waals surface area contributed by atoms with Crippen LogP contribution in [0.2, 0.25) is 0 Å². The molecule has 0 amide bonds. The lowest BCUT2D eigenvalue weighted by Gasteiger charge is -2.19. The third-order valence-electron chi connectivity index (χ3n) is 4.71. The zero-order chi connectivity index (χ0) is 21.1. The van der Waals surface area contributed by atoms with Crippen LogP contribution in [0, 0.1) is 0 Å². The topological polar surface area (TPSA) is 76.0 Å². The van der Waals surface area contributed by atoms with Crippen LogP contribution in [0.15, 0.2) is 12.7 Å². The van der Waals surface area contributed by atoms with E-state index >= 15 is 0 Å². The van der Waals surface area contributed by atoms with Gasteiger partial charge in [-0.3, -0.25) is 4.52 Å². The fourth-order valence-electron chi connectivity index (χ4n) is 3.15. The number of unbranched alkanes of at least 4 members (excludes halogenated alkanes) is 14. The summed E-state index contributed by atoms with van der Waals surface area (Å²) in [5, 5.41) is 0. The third kappa shape index (κ3) is 20.5. The normalized spacial score (nSPS) is 12.7. The molecule has 0 rings (SSSR count). The summed E-state index contributed by atoms with van der Waals surface area (Å²) in [6.07, 6.45) is 19.4. The Bertz CT molecular complexity index is 439. The van der Waals surface area contributed by atoms with Gasteiger partial charge in [0.1, 0.15) is 0 Å². The molecule has 7 heteroatoms. The van der Waals surface area contributed by atoms with E-state index in [0.717, 1.165) is 25.3 Å². The quantitative estimate of drug-likeness (QED) is 0.0743. The SMILES string of the molecule is C=CC(=O)OC(CCCCCCCCCCCCCCCCC)OP(O)(O)=S. The number of rotatable bonds is 20. The zero-order valence-corrected chi connectivity index (χ0v) is 19.4. The van der Waals surface area contributed by atoms with E-state index in [4.69, 9.17) is 9.26 Å². The number of hydrogen-bond donors (Lipinski definition) is 2. The van der Waals surface area contributed by atoms with E-state index < -0.39 is 19.0 Å². The van der Waals surface area contributed by atoms with E-state index in [0.29, 0.717) is 6.42 Å². The summed E-state index contributed by atoms with van der Waals surface area (Å²) in [6.45, 7) is 1.71. The monoisotopic (exact) mass is 436 g/mol. The molecule has 28 heavy (non-hydrogen) atoms. The molecule has 0 aliphatic rings. The lowest BCUT2D eigenvalue weighted by atomic mass is 10.0. The van der Waals surface area contributed by atoms with Crippen molar-refractivity contribution in [1.82, 2.24) is 0 Å². The minimum atomic E-state index is -3.86. The molecule has 0 aliphatic carbocycles. The number of esters is 1. The van der Waals surface area contributed by atoms with Crippen molar-refractivity contribution < 1.29 is 23.8 Å². The van der Waals surface area contributed by atoms with Crippen LogP contribution in [0.4, 0.5) is 0 Å². The highest BCUT2D eigenvalue weighted by Gasteiger charge is 2.20. The lowest BCUT2D eigenvalue weighted by molar-refractivity contribution is -0.159. The first-order valence-electron chi connectivity index (χ1n) is 11.0. The molecule has 0 spiro atoms. The van der Waals surface area contributed by atoms with Crippen LogP contribution in [0.1, 0.15) is 110 Å². The third-order valence-corrected chi connectivity index (χ3v) is 5.48. The van der Waals surface area contributed by atoms with Gasteiger partial charge in [-0.05, 0) is 18.2 Å². The summed E-state index contributed by atoms with van der Waals surface area (Å²) in [4.78, 5) is 29.7. The van der Waals surface area contributed by atoms with Crippen LogP contribution < -0.4 is 0 Å². The Labute approximate surface area is 177 Å². The molecule has 0 saturated heterocycles. The first-order valence-corrected chi connectivity index (χ1v) is 13.6. The second-order valence-corrected chi connectivity index (χ2v) is 10.0. The second kappa shape index (κ2) is 18.7. The summed E-state index contributed by atoms with van der Waals surface area (Å²) in [6, 6.07) is 0. The van der Waals surface area contributed by atoms with Crippen molar-refractivity contribution in [2.45, 2.75) is 116 Å². The van der Waals surface area contributed by atoms with Crippen LogP contribution in [0.25, 0.3) is 0 Å². The van der Waals surface area contributed by atoms with Gasteiger partial charge in [0, 0.05) is 12.5 Å². The number of hydrogen-bond acceptors (Lipinski definition) is 4. The smallest absolute Gasteiger partial charge is 0.332 e. The molecule has 5 nitrogen and oxygen atoms in total. The fraction of sp³-hybridized carbons (Fsp3) is 0.857. The number of carbonyl (C=O) groups is 1. The molecular formula is C21H41O5PS.